The average Bonchev–Trinajstić information content (AvgIpc) is 2.64. The molecule has 100 valence electrons. The van der Waals surface area contributed by atoms with Crippen LogP contribution < -0.4 is 5.32 Å². The van der Waals surface area contributed by atoms with Crippen LogP contribution >= 0.6 is 0 Å². The highest BCUT2D eigenvalue weighted by atomic mass is 16.5. The highest BCUT2D eigenvalue weighted by molar-refractivity contribution is 5.74. The number of carbonyl (C=O) groups excluding carboxylic acids is 1. The van der Waals surface area contributed by atoms with E-state index in [1.54, 1.807) is 4.90 Å². The first-order valence-corrected chi connectivity index (χ1v) is 6.32. The van der Waals surface area contributed by atoms with Crippen LogP contribution in [-0.4, -0.2) is 41.8 Å². The maximum Gasteiger partial charge on any atom is 0.317 e. The number of ether oxygens (including phenoxy) is 1. The number of carbonyl (C=O) groups is 1. The molecule has 1 N–H and O–H groups in total. The fraction of sp³-hybridized carbons (Fsp3) is 0.615. The molecule has 0 atom stereocenters. The van der Waals surface area contributed by atoms with Gasteiger partial charge in [-0.05, 0) is 25.5 Å². The van der Waals surface area contributed by atoms with Gasteiger partial charge in [0.15, 0.2) is 0 Å². The average molecular weight is 251 g/mol. The van der Waals surface area contributed by atoms with E-state index in [1.165, 1.54) is 17.0 Å². The number of hydrogen-bond acceptors (Lipinski definition) is 2. The first-order chi connectivity index (χ1) is 8.59. The van der Waals surface area contributed by atoms with Crippen molar-refractivity contribution >= 4 is 6.03 Å². The molecule has 1 fully saturated rings. The van der Waals surface area contributed by atoms with E-state index in [0.717, 1.165) is 0 Å². The summed E-state index contributed by atoms with van der Waals surface area (Å²) < 4.78 is 7.36. The standard InChI is InChI=1S/C13H21N3O2/c1-10-8-12(11(2)15(10)3)9-14-13(17)16-4-6-18-7-5-16/h8H,4-7,9H2,1-3H3,(H,14,17). The van der Waals surface area contributed by atoms with E-state index in [4.69, 9.17) is 4.74 Å². The van der Waals surface area contributed by atoms with Crippen molar-refractivity contribution in [3.8, 4) is 0 Å². The van der Waals surface area contributed by atoms with Gasteiger partial charge < -0.3 is 19.5 Å². The molecule has 1 aromatic heterocycles. The Morgan fingerprint density at radius 3 is 2.61 bits per heavy atom. The number of hydrogen-bond donors (Lipinski definition) is 1. The number of nitrogens with zero attached hydrogens (tertiary/aromatic N) is 2. The van der Waals surface area contributed by atoms with Crippen LogP contribution in [0.1, 0.15) is 17.0 Å². The van der Waals surface area contributed by atoms with Crippen LogP contribution in [0.3, 0.4) is 0 Å². The van der Waals surface area contributed by atoms with Gasteiger partial charge in [-0.3, -0.25) is 0 Å². The lowest BCUT2D eigenvalue weighted by atomic mass is 10.2. The Bertz CT molecular complexity index is 434. The molecule has 1 aliphatic heterocycles. The van der Waals surface area contributed by atoms with E-state index < -0.39 is 0 Å². The molecule has 0 radical (unpaired) electrons. The molecule has 2 heterocycles. The Morgan fingerprint density at radius 1 is 1.39 bits per heavy atom. The van der Waals surface area contributed by atoms with E-state index >= 15 is 0 Å². The third-order valence-electron chi connectivity index (χ3n) is 3.61. The molecule has 1 aromatic rings. The molecule has 0 unspecified atom stereocenters. The SMILES string of the molecule is Cc1cc(CNC(=O)N2CCOCC2)c(C)n1C. The first-order valence-electron chi connectivity index (χ1n) is 6.32. The largest absolute Gasteiger partial charge is 0.378 e. The van der Waals surface area contributed by atoms with Gasteiger partial charge in [-0.15, -0.1) is 0 Å². The fourth-order valence-electron chi connectivity index (χ4n) is 2.16. The molecule has 5 nitrogen and oxygen atoms in total. The van der Waals surface area contributed by atoms with Crippen LogP contribution in [0.15, 0.2) is 6.07 Å². The maximum absolute atomic E-state index is 11.9. The summed E-state index contributed by atoms with van der Waals surface area (Å²) in [5, 5.41) is 2.97. The molecule has 0 saturated carbocycles. The van der Waals surface area contributed by atoms with Gasteiger partial charge in [0.25, 0.3) is 0 Å². The number of amides is 2. The lowest BCUT2D eigenvalue weighted by Gasteiger charge is -2.26. The van der Waals surface area contributed by atoms with Gasteiger partial charge in [-0.2, -0.15) is 0 Å². The second kappa shape index (κ2) is 5.44. The van der Waals surface area contributed by atoms with Gasteiger partial charge in [0, 0.05) is 38.1 Å². The molecular formula is C13H21N3O2. The zero-order valence-corrected chi connectivity index (χ0v) is 11.3. The van der Waals surface area contributed by atoms with Crippen LogP contribution in [0.4, 0.5) is 4.79 Å². The third kappa shape index (κ3) is 2.67. The summed E-state index contributed by atoms with van der Waals surface area (Å²) in [6.07, 6.45) is 0. The van der Waals surface area contributed by atoms with Gasteiger partial charge in [-0.1, -0.05) is 0 Å². The van der Waals surface area contributed by atoms with Gasteiger partial charge >= 0.3 is 6.03 Å². The highest BCUT2D eigenvalue weighted by Crippen LogP contribution is 2.12. The normalized spacial score (nSPS) is 15.8. The summed E-state index contributed by atoms with van der Waals surface area (Å²) in [5.41, 5.74) is 3.59. The van der Waals surface area contributed by atoms with Crippen LogP contribution in [0.2, 0.25) is 0 Å². The Balaban J connectivity index is 1.90. The van der Waals surface area contributed by atoms with E-state index in [0.29, 0.717) is 32.8 Å². The topological polar surface area (TPSA) is 46.5 Å². The molecule has 18 heavy (non-hydrogen) atoms. The van der Waals surface area contributed by atoms with E-state index in [9.17, 15) is 4.79 Å². The van der Waals surface area contributed by atoms with Crippen molar-refractivity contribution in [2.75, 3.05) is 26.3 Å². The molecule has 2 amide bonds. The molecular weight excluding hydrogens is 230 g/mol. The van der Waals surface area contributed by atoms with Crippen LogP contribution in [0.5, 0.6) is 0 Å². The molecule has 1 saturated heterocycles. The quantitative estimate of drug-likeness (QED) is 0.858. The summed E-state index contributed by atoms with van der Waals surface area (Å²) in [5.74, 6) is 0. The molecule has 1 aliphatic rings. The van der Waals surface area contributed by atoms with Gasteiger partial charge in [-0.25, -0.2) is 4.79 Å². The second-order valence-electron chi connectivity index (χ2n) is 4.71. The van der Waals surface area contributed by atoms with Gasteiger partial charge in [0.05, 0.1) is 13.2 Å². The van der Waals surface area contributed by atoms with Crippen LogP contribution in [-0.2, 0) is 18.3 Å². The third-order valence-corrected chi connectivity index (χ3v) is 3.61. The number of rotatable bonds is 2. The van der Waals surface area contributed by atoms with Crippen molar-refractivity contribution in [1.82, 2.24) is 14.8 Å². The summed E-state index contributed by atoms with van der Waals surface area (Å²) in [4.78, 5) is 13.7. The molecule has 0 spiro atoms. The lowest BCUT2D eigenvalue weighted by molar-refractivity contribution is 0.0531. The zero-order valence-electron chi connectivity index (χ0n) is 11.3. The van der Waals surface area contributed by atoms with Gasteiger partial charge in [0.2, 0.25) is 0 Å². The van der Waals surface area contributed by atoms with Crippen molar-refractivity contribution in [2.24, 2.45) is 7.05 Å². The number of morpholine rings is 1. The predicted molar refractivity (Wildman–Crippen MR) is 69.5 cm³/mol. The molecule has 5 heteroatoms. The van der Waals surface area contributed by atoms with Crippen molar-refractivity contribution in [2.45, 2.75) is 20.4 Å². The molecule has 0 bridgehead atoms. The Labute approximate surface area is 108 Å². The van der Waals surface area contributed by atoms with Crippen LogP contribution in [0.25, 0.3) is 0 Å². The van der Waals surface area contributed by atoms with Crippen LogP contribution in [0, 0.1) is 13.8 Å². The molecule has 0 aromatic carbocycles. The first kappa shape index (κ1) is 13.0. The van der Waals surface area contributed by atoms with Crippen molar-refractivity contribution in [3.05, 3.63) is 23.0 Å². The predicted octanol–water partition coefficient (Wildman–Crippen LogP) is 1.18. The van der Waals surface area contributed by atoms with Crippen molar-refractivity contribution in [1.29, 1.82) is 0 Å². The summed E-state index contributed by atoms with van der Waals surface area (Å²) >= 11 is 0. The summed E-state index contributed by atoms with van der Waals surface area (Å²) in [7, 11) is 2.04. The zero-order chi connectivity index (χ0) is 13.1. The Hall–Kier alpha value is -1.49. The maximum atomic E-state index is 11.9. The van der Waals surface area contributed by atoms with E-state index in [1.807, 2.05) is 7.05 Å². The van der Waals surface area contributed by atoms with Crippen molar-refractivity contribution in [3.63, 3.8) is 0 Å². The number of aryl methyl sites for hydroxylation is 1. The Morgan fingerprint density at radius 2 is 2.06 bits per heavy atom. The highest BCUT2D eigenvalue weighted by Gasteiger charge is 2.16. The minimum Gasteiger partial charge on any atom is -0.378 e. The van der Waals surface area contributed by atoms with Gasteiger partial charge in [0.1, 0.15) is 0 Å². The Kier molecular flexibility index (Phi) is 3.91. The lowest BCUT2D eigenvalue weighted by Crippen LogP contribution is -2.45. The van der Waals surface area contributed by atoms with Crippen molar-refractivity contribution < 1.29 is 9.53 Å². The smallest absolute Gasteiger partial charge is 0.317 e. The molecule has 0 aliphatic carbocycles. The monoisotopic (exact) mass is 251 g/mol. The number of aromatic nitrogens is 1. The number of urea groups is 1. The second-order valence-corrected chi connectivity index (χ2v) is 4.71. The summed E-state index contributed by atoms with van der Waals surface area (Å²) in [6.45, 7) is 7.36. The number of nitrogens with one attached hydrogen (secondary N) is 1. The van der Waals surface area contributed by atoms with E-state index in [-0.39, 0.29) is 6.03 Å². The fourth-order valence-corrected chi connectivity index (χ4v) is 2.16. The molecule has 2 rings (SSSR count). The van der Waals surface area contributed by atoms with E-state index in [2.05, 4.69) is 29.8 Å². The minimum atomic E-state index is -0.000735. The minimum absolute atomic E-state index is 0.000735. The summed E-state index contributed by atoms with van der Waals surface area (Å²) in [6, 6.07) is 2.12.